The van der Waals surface area contributed by atoms with Crippen LogP contribution < -0.4 is 0 Å². The first-order valence-corrected chi connectivity index (χ1v) is 6.78. The van der Waals surface area contributed by atoms with Gasteiger partial charge in [0.1, 0.15) is 5.82 Å². The average Bonchev–Trinajstić information content (AvgIpc) is 2.24. The van der Waals surface area contributed by atoms with Crippen molar-refractivity contribution >= 4 is 40.7 Å². The Morgan fingerprint density at radius 2 is 1.63 bits per heavy atom. The van der Waals surface area contributed by atoms with Crippen molar-refractivity contribution in [3.8, 4) is 0 Å². The molecule has 1 aromatic carbocycles. The quantitative estimate of drug-likeness (QED) is 0.741. The van der Waals surface area contributed by atoms with E-state index in [0.717, 1.165) is 5.56 Å². The molecule has 1 aromatic rings. The fourth-order valence-corrected chi connectivity index (χ4v) is 1.85. The molecule has 0 aromatic heterocycles. The van der Waals surface area contributed by atoms with Crippen molar-refractivity contribution in [3.63, 3.8) is 0 Å². The van der Waals surface area contributed by atoms with Gasteiger partial charge in [-0.2, -0.15) is 0 Å². The van der Waals surface area contributed by atoms with Gasteiger partial charge in [-0.05, 0) is 38.5 Å². The smallest absolute Gasteiger partial charge is 0.275 e. The summed E-state index contributed by atoms with van der Waals surface area (Å²) in [6, 6.07) is 5.85. The number of hydrogen-bond donors (Lipinski definition) is 0. The van der Waals surface area contributed by atoms with Gasteiger partial charge in [-0.25, -0.2) is 4.39 Å². The summed E-state index contributed by atoms with van der Waals surface area (Å²) in [6.45, 7) is 5.76. The summed E-state index contributed by atoms with van der Waals surface area (Å²) < 4.78 is 10.9. The molecule has 1 rings (SSSR count). The molecule has 0 atom stereocenters. The van der Waals surface area contributed by atoms with Gasteiger partial charge in [0.2, 0.25) is 0 Å². The van der Waals surface area contributed by atoms with E-state index in [1.165, 1.54) is 17.0 Å². The molecule has 0 aliphatic rings. The normalized spacial score (nSPS) is 12.4. The van der Waals surface area contributed by atoms with Gasteiger partial charge < -0.3 is 4.90 Å². The van der Waals surface area contributed by atoms with Crippen molar-refractivity contribution in [3.05, 3.63) is 35.6 Å². The van der Waals surface area contributed by atoms with Crippen LogP contribution in [0.25, 0.3) is 0 Å². The third-order valence-electron chi connectivity index (χ3n) is 2.55. The predicted molar refractivity (Wildman–Crippen MR) is 77.0 cm³/mol. The summed E-state index contributed by atoms with van der Waals surface area (Å²) in [6.07, 6.45) is 0. The molecule has 0 saturated carbocycles. The van der Waals surface area contributed by atoms with E-state index in [4.69, 9.17) is 34.8 Å². The van der Waals surface area contributed by atoms with Gasteiger partial charge in [0, 0.05) is 12.1 Å². The number of nitrogens with zero attached hydrogens (tertiary/aromatic N) is 1. The highest BCUT2D eigenvalue weighted by Gasteiger charge is 2.39. The molecule has 2 nitrogen and oxygen atoms in total. The Hall–Kier alpha value is -0.510. The Balaban J connectivity index is 3.00. The molecule has 0 heterocycles. The third-order valence-corrected chi connectivity index (χ3v) is 3.04. The summed E-state index contributed by atoms with van der Waals surface area (Å²) in [5.74, 6) is -0.937. The standard InChI is InChI=1S/C13H15Cl3FNO/c1-12(2,3)18(11(19)13(14,15)16)8-9-4-6-10(17)7-5-9/h4-7H,8H2,1-3H3. The van der Waals surface area contributed by atoms with Gasteiger partial charge in [-0.1, -0.05) is 46.9 Å². The number of alkyl halides is 3. The van der Waals surface area contributed by atoms with Crippen LogP contribution in [0.1, 0.15) is 26.3 Å². The molecule has 0 aliphatic carbocycles. The minimum atomic E-state index is -2.01. The Morgan fingerprint density at radius 3 is 2.00 bits per heavy atom. The number of carbonyl (C=O) groups is 1. The Bertz CT molecular complexity index is 448. The fourth-order valence-electron chi connectivity index (χ4n) is 1.54. The van der Waals surface area contributed by atoms with E-state index in [1.54, 1.807) is 12.1 Å². The number of rotatable bonds is 2. The zero-order valence-corrected chi connectivity index (χ0v) is 13.2. The lowest BCUT2D eigenvalue weighted by molar-refractivity contribution is -0.135. The maximum atomic E-state index is 12.9. The third kappa shape index (κ3) is 4.83. The van der Waals surface area contributed by atoms with E-state index in [2.05, 4.69) is 0 Å². The van der Waals surface area contributed by atoms with Crippen LogP contribution >= 0.6 is 34.8 Å². The number of benzene rings is 1. The van der Waals surface area contributed by atoms with Crippen molar-refractivity contribution < 1.29 is 9.18 Å². The molecular formula is C13H15Cl3FNO. The maximum absolute atomic E-state index is 12.9. The van der Waals surface area contributed by atoms with Crippen LogP contribution in [0.2, 0.25) is 0 Å². The SMILES string of the molecule is CC(C)(C)N(Cc1ccc(F)cc1)C(=O)C(Cl)(Cl)Cl. The van der Waals surface area contributed by atoms with Crippen molar-refractivity contribution in [2.24, 2.45) is 0 Å². The largest absolute Gasteiger partial charge is 0.330 e. The van der Waals surface area contributed by atoms with Crippen molar-refractivity contribution in [1.29, 1.82) is 0 Å². The molecule has 0 radical (unpaired) electrons. The summed E-state index contributed by atoms with van der Waals surface area (Å²) in [5.41, 5.74) is 0.244. The summed E-state index contributed by atoms with van der Waals surface area (Å²) in [7, 11) is 0. The lowest BCUT2D eigenvalue weighted by Crippen LogP contribution is -2.49. The second-order valence-electron chi connectivity index (χ2n) is 5.19. The lowest BCUT2D eigenvalue weighted by Gasteiger charge is -2.37. The van der Waals surface area contributed by atoms with Crippen molar-refractivity contribution in [2.45, 2.75) is 36.6 Å². The highest BCUT2D eigenvalue weighted by Crippen LogP contribution is 2.32. The molecule has 0 fully saturated rings. The molecule has 0 unspecified atom stereocenters. The van der Waals surface area contributed by atoms with Crippen LogP contribution in [-0.2, 0) is 11.3 Å². The molecule has 0 spiro atoms. The van der Waals surface area contributed by atoms with E-state index < -0.39 is 15.2 Å². The molecule has 19 heavy (non-hydrogen) atoms. The van der Waals surface area contributed by atoms with Crippen molar-refractivity contribution in [2.75, 3.05) is 0 Å². The number of halogens is 4. The van der Waals surface area contributed by atoms with Crippen LogP contribution in [-0.4, -0.2) is 20.1 Å². The first-order chi connectivity index (χ1) is 8.51. The fraction of sp³-hybridized carbons (Fsp3) is 0.462. The minimum absolute atomic E-state index is 0.247. The number of amides is 1. The van der Waals surface area contributed by atoms with Crippen LogP contribution in [0.5, 0.6) is 0 Å². The van der Waals surface area contributed by atoms with E-state index in [1.807, 2.05) is 20.8 Å². The van der Waals surface area contributed by atoms with Gasteiger partial charge in [-0.3, -0.25) is 4.79 Å². The van der Waals surface area contributed by atoms with Gasteiger partial charge >= 0.3 is 0 Å². The monoisotopic (exact) mass is 325 g/mol. The predicted octanol–water partition coefficient (Wildman–Crippen LogP) is 4.32. The summed E-state index contributed by atoms with van der Waals surface area (Å²) in [4.78, 5) is 13.6. The minimum Gasteiger partial charge on any atom is -0.330 e. The molecule has 0 saturated heterocycles. The highest BCUT2D eigenvalue weighted by molar-refractivity contribution is 6.76. The first-order valence-electron chi connectivity index (χ1n) is 5.65. The zero-order valence-electron chi connectivity index (χ0n) is 10.9. The molecule has 106 valence electrons. The van der Waals surface area contributed by atoms with E-state index in [9.17, 15) is 9.18 Å². The first kappa shape index (κ1) is 16.5. The molecule has 0 bridgehead atoms. The van der Waals surface area contributed by atoms with E-state index >= 15 is 0 Å². The Morgan fingerprint density at radius 1 is 1.16 bits per heavy atom. The van der Waals surface area contributed by atoms with Gasteiger partial charge in [0.15, 0.2) is 0 Å². The lowest BCUT2D eigenvalue weighted by atomic mass is 10.0. The van der Waals surface area contributed by atoms with Crippen LogP contribution in [0.15, 0.2) is 24.3 Å². The summed E-state index contributed by atoms with van der Waals surface area (Å²) in [5, 5.41) is 0. The van der Waals surface area contributed by atoms with Gasteiger partial charge in [-0.15, -0.1) is 0 Å². The number of hydrogen-bond acceptors (Lipinski definition) is 1. The maximum Gasteiger partial charge on any atom is 0.275 e. The molecule has 6 heteroatoms. The number of carbonyl (C=O) groups excluding carboxylic acids is 1. The second-order valence-corrected chi connectivity index (χ2v) is 7.47. The average molecular weight is 327 g/mol. The van der Waals surface area contributed by atoms with Crippen LogP contribution in [0.3, 0.4) is 0 Å². The zero-order chi connectivity index (χ0) is 14.8. The summed E-state index contributed by atoms with van der Waals surface area (Å²) >= 11 is 17.0. The Kier molecular flexibility index (Phi) is 5.10. The van der Waals surface area contributed by atoms with Crippen LogP contribution in [0, 0.1) is 5.82 Å². The van der Waals surface area contributed by atoms with E-state index in [0.29, 0.717) is 0 Å². The molecular weight excluding hydrogens is 312 g/mol. The molecule has 0 N–H and O–H groups in total. The topological polar surface area (TPSA) is 20.3 Å². The molecule has 1 amide bonds. The molecule has 0 aliphatic heterocycles. The Labute approximate surface area is 127 Å². The van der Waals surface area contributed by atoms with Crippen LogP contribution in [0.4, 0.5) is 4.39 Å². The van der Waals surface area contributed by atoms with E-state index in [-0.39, 0.29) is 12.4 Å². The second kappa shape index (κ2) is 5.86. The highest BCUT2D eigenvalue weighted by atomic mass is 35.6. The van der Waals surface area contributed by atoms with Crippen molar-refractivity contribution in [1.82, 2.24) is 4.90 Å². The van der Waals surface area contributed by atoms with Gasteiger partial charge in [0.05, 0.1) is 0 Å². The van der Waals surface area contributed by atoms with Gasteiger partial charge in [0.25, 0.3) is 9.70 Å².